The van der Waals surface area contributed by atoms with E-state index in [4.69, 9.17) is 23.2 Å². The molecule has 0 heterocycles. The quantitative estimate of drug-likeness (QED) is 0.828. The van der Waals surface area contributed by atoms with Gasteiger partial charge in [-0.25, -0.2) is 0 Å². The molecule has 0 saturated heterocycles. The highest BCUT2D eigenvalue weighted by Crippen LogP contribution is 2.22. The standard InChI is InChI=1S/C16H15Cl2NO/c1-11(12-7-9-14(17)10-8-12)19-16(20)15(18)13-5-3-2-4-6-13/h2-11,15H,1H3,(H,19,20). The number of carbonyl (C=O) groups excluding carboxylic acids is 1. The van der Waals surface area contributed by atoms with Gasteiger partial charge in [-0.2, -0.15) is 0 Å². The summed E-state index contributed by atoms with van der Waals surface area (Å²) in [6.07, 6.45) is 0. The number of amides is 1. The van der Waals surface area contributed by atoms with E-state index in [1.54, 1.807) is 12.1 Å². The summed E-state index contributed by atoms with van der Waals surface area (Å²) in [4.78, 5) is 12.1. The van der Waals surface area contributed by atoms with Crippen molar-refractivity contribution in [3.8, 4) is 0 Å². The molecule has 0 fully saturated rings. The number of alkyl halides is 1. The molecular weight excluding hydrogens is 293 g/mol. The predicted molar refractivity (Wildman–Crippen MR) is 83.0 cm³/mol. The average molecular weight is 308 g/mol. The van der Waals surface area contributed by atoms with E-state index in [1.807, 2.05) is 49.4 Å². The van der Waals surface area contributed by atoms with E-state index in [-0.39, 0.29) is 11.9 Å². The predicted octanol–water partition coefficient (Wildman–Crippen LogP) is 4.50. The molecule has 104 valence electrons. The zero-order valence-corrected chi connectivity index (χ0v) is 12.5. The number of benzene rings is 2. The minimum Gasteiger partial charge on any atom is -0.348 e. The van der Waals surface area contributed by atoms with Gasteiger partial charge in [0.2, 0.25) is 5.91 Å². The summed E-state index contributed by atoms with van der Waals surface area (Å²) in [6.45, 7) is 1.91. The number of hydrogen-bond donors (Lipinski definition) is 1. The van der Waals surface area contributed by atoms with Crippen LogP contribution < -0.4 is 5.32 Å². The van der Waals surface area contributed by atoms with Crippen molar-refractivity contribution in [1.29, 1.82) is 0 Å². The summed E-state index contributed by atoms with van der Waals surface area (Å²) in [5.41, 5.74) is 1.77. The first-order valence-corrected chi connectivity index (χ1v) is 7.14. The lowest BCUT2D eigenvalue weighted by Crippen LogP contribution is -2.29. The number of halogens is 2. The summed E-state index contributed by atoms with van der Waals surface area (Å²) in [5, 5.41) is 2.88. The van der Waals surface area contributed by atoms with Gasteiger partial charge < -0.3 is 5.32 Å². The third kappa shape index (κ3) is 3.75. The van der Waals surface area contributed by atoms with E-state index in [9.17, 15) is 4.79 Å². The van der Waals surface area contributed by atoms with Crippen LogP contribution in [0.2, 0.25) is 5.02 Å². The summed E-state index contributed by atoms with van der Waals surface area (Å²) in [5.74, 6) is -0.208. The van der Waals surface area contributed by atoms with Gasteiger partial charge in [0.1, 0.15) is 5.38 Å². The number of carbonyl (C=O) groups is 1. The van der Waals surface area contributed by atoms with Gasteiger partial charge in [-0.15, -0.1) is 11.6 Å². The maximum absolute atomic E-state index is 12.1. The Morgan fingerprint density at radius 2 is 1.60 bits per heavy atom. The normalized spacial score (nSPS) is 13.6. The Morgan fingerprint density at radius 1 is 1.00 bits per heavy atom. The van der Waals surface area contributed by atoms with E-state index >= 15 is 0 Å². The fourth-order valence-electron chi connectivity index (χ4n) is 1.89. The number of nitrogens with one attached hydrogen (secondary N) is 1. The van der Waals surface area contributed by atoms with Crippen molar-refractivity contribution < 1.29 is 4.79 Å². The Kier molecular flexibility index (Phi) is 5.05. The second-order valence-corrected chi connectivity index (χ2v) is 5.43. The number of hydrogen-bond acceptors (Lipinski definition) is 1. The second kappa shape index (κ2) is 6.78. The van der Waals surface area contributed by atoms with Gasteiger partial charge >= 0.3 is 0 Å². The second-order valence-electron chi connectivity index (χ2n) is 4.56. The molecule has 0 aliphatic heterocycles. The van der Waals surface area contributed by atoms with Gasteiger partial charge in [0.15, 0.2) is 0 Å². The summed E-state index contributed by atoms with van der Waals surface area (Å²) in [6, 6.07) is 16.5. The molecule has 0 aliphatic rings. The molecule has 0 bridgehead atoms. The van der Waals surface area contributed by atoms with E-state index < -0.39 is 5.38 Å². The summed E-state index contributed by atoms with van der Waals surface area (Å²) >= 11 is 12.0. The van der Waals surface area contributed by atoms with Crippen LogP contribution in [-0.4, -0.2) is 5.91 Å². The van der Waals surface area contributed by atoms with E-state index in [0.29, 0.717) is 5.02 Å². The van der Waals surface area contributed by atoms with E-state index in [0.717, 1.165) is 11.1 Å². The topological polar surface area (TPSA) is 29.1 Å². The molecule has 2 nitrogen and oxygen atoms in total. The van der Waals surface area contributed by atoms with Gasteiger partial charge in [-0.05, 0) is 30.2 Å². The van der Waals surface area contributed by atoms with Gasteiger partial charge in [-0.3, -0.25) is 4.79 Å². The molecule has 0 saturated carbocycles. The lowest BCUT2D eigenvalue weighted by Gasteiger charge is -2.17. The van der Waals surface area contributed by atoms with Crippen LogP contribution in [0, 0.1) is 0 Å². The Bertz CT molecular complexity index is 569. The number of rotatable bonds is 4. The maximum atomic E-state index is 12.1. The molecule has 2 aromatic rings. The minimum absolute atomic E-state index is 0.121. The van der Waals surface area contributed by atoms with Crippen LogP contribution in [0.15, 0.2) is 54.6 Å². The smallest absolute Gasteiger partial charge is 0.243 e. The Hall–Kier alpha value is -1.51. The van der Waals surface area contributed by atoms with Crippen molar-refractivity contribution in [1.82, 2.24) is 5.32 Å². The minimum atomic E-state index is -0.689. The molecule has 2 atom stereocenters. The first-order valence-electron chi connectivity index (χ1n) is 6.33. The first kappa shape index (κ1) is 14.9. The zero-order valence-electron chi connectivity index (χ0n) is 11.0. The average Bonchev–Trinajstić information content (AvgIpc) is 2.48. The molecule has 2 rings (SSSR count). The third-order valence-electron chi connectivity index (χ3n) is 3.05. The van der Waals surface area contributed by atoms with E-state index in [1.165, 1.54) is 0 Å². The molecule has 0 aromatic heterocycles. The molecule has 0 spiro atoms. The Balaban J connectivity index is 2.02. The largest absolute Gasteiger partial charge is 0.348 e. The fourth-order valence-corrected chi connectivity index (χ4v) is 2.23. The van der Waals surface area contributed by atoms with Crippen molar-refractivity contribution in [3.05, 3.63) is 70.7 Å². The van der Waals surface area contributed by atoms with E-state index in [2.05, 4.69) is 5.32 Å². The molecular formula is C16H15Cl2NO. The van der Waals surface area contributed by atoms with Gasteiger partial charge in [0.25, 0.3) is 0 Å². The molecule has 1 amide bonds. The molecule has 0 aliphatic carbocycles. The Labute approximate surface area is 128 Å². The molecule has 2 unspecified atom stereocenters. The highest BCUT2D eigenvalue weighted by atomic mass is 35.5. The van der Waals surface area contributed by atoms with Crippen LogP contribution in [0.3, 0.4) is 0 Å². The van der Waals surface area contributed by atoms with Gasteiger partial charge in [0, 0.05) is 5.02 Å². The van der Waals surface area contributed by atoms with Crippen molar-refractivity contribution >= 4 is 29.1 Å². The maximum Gasteiger partial charge on any atom is 0.243 e. The summed E-state index contributed by atoms with van der Waals surface area (Å²) < 4.78 is 0. The van der Waals surface area contributed by atoms with Crippen LogP contribution in [0.25, 0.3) is 0 Å². The lowest BCUT2D eigenvalue weighted by molar-refractivity contribution is -0.121. The van der Waals surface area contributed by atoms with Gasteiger partial charge in [0.05, 0.1) is 6.04 Å². The van der Waals surface area contributed by atoms with Crippen LogP contribution in [0.4, 0.5) is 0 Å². The zero-order chi connectivity index (χ0) is 14.5. The van der Waals surface area contributed by atoms with Crippen molar-refractivity contribution in [2.45, 2.75) is 18.3 Å². The third-order valence-corrected chi connectivity index (χ3v) is 3.75. The van der Waals surface area contributed by atoms with Crippen molar-refractivity contribution in [3.63, 3.8) is 0 Å². The highest BCUT2D eigenvalue weighted by molar-refractivity contribution is 6.31. The highest BCUT2D eigenvalue weighted by Gasteiger charge is 2.19. The van der Waals surface area contributed by atoms with Gasteiger partial charge in [-0.1, -0.05) is 54.1 Å². The Morgan fingerprint density at radius 3 is 2.20 bits per heavy atom. The first-order chi connectivity index (χ1) is 9.58. The van der Waals surface area contributed by atoms with Crippen LogP contribution in [0.5, 0.6) is 0 Å². The monoisotopic (exact) mass is 307 g/mol. The van der Waals surface area contributed by atoms with Crippen LogP contribution in [0.1, 0.15) is 29.5 Å². The fraction of sp³-hybridized carbons (Fsp3) is 0.188. The molecule has 0 radical (unpaired) electrons. The molecule has 4 heteroatoms. The van der Waals surface area contributed by atoms with Crippen LogP contribution in [-0.2, 0) is 4.79 Å². The lowest BCUT2D eigenvalue weighted by atomic mass is 10.1. The van der Waals surface area contributed by atoms with Crippen molar-refractivity contribution in [2.75, 3.05) is 0 Å². The van der Waals surface area contributed by atoms with Crippen molar-refractivity contribution in [2.24, 2.45) is 0 Å². The van der Waals surface area contributed by atoms with Crippen LogP contribution >= 0.6 is 23.2 Å². The SMILES string of the molecule is CC(NC(=O)C(Cl)c1ccccc1)c1ccc(Cl)cc1. The summed E-state index contributed by atoms with van der Waals surface area (Å²) in [7, 11) is 0. The molecule has 1 N–H and O–H groups in total. The molecule has 2 aromatic carbocycles. The molecule has 20 heavy (non-hydrogen) atoms.